The molecule has 0 N–H and O–H groups in total. The molecule has 3 aromatic heterocycles. The molecular weight excluding hydrogens is 822 g/mol. The van der Waals surface area contributed by atoms with Crippen molar-refractivity contribution in [2.24, 2.45) is 0 Å². The average Bonchev–Trinajstić information content (AvgIpc) is 3.80. The second kappa shape index (κ2) is 18.8. The van der Waals surface area contributed by atoms with Crippen molar-refractivity contribution >= 4 is 57.0 Å². The number of fused-ring (bicyclic) bond motifs is 8. The molecule has 0 fully saturated rings. The van der Waals surface area contributed by atoms with E-state index in [0.717, 1.165) is 96.2 Å². The molecule has 0 atom stereocenters. The van der Waals surface area contributed by atoms with Crippen LogP contribution in [0.2, 0.25) is 0 Å². The van der Waals surface area contributed by atoms with Crippen molar-refractivity contribution in [3.63, 3.8) is 0 Å². The predicted molar refractivity (Wildman–Crippen MR) is 196 cm³/mol. The van der Waals surface area contributed by atoms with Gasteiger partial charge in [0.1, 0.15) is 0 Å². The second-order valence-corrected chi connectivity index (χ2v) is 11.8. The first-order chi connectivity index (χ1) is 23.0. The quantitative estimate of drug-likeness (QED) is 0.209. The Kier molecular flexibility index (Phi) is 16.2. The molecule has 0 saturated carbocycles. The van der Waals surface area contributed by atoms with E-state index in [-0.39, 0.29) is 19.8 Å². The van der Waals surface area contributed by atoms with Crippen molar-refractivity contribution < 1.29 is 33.0 Å². The summed E-state index contributed by atoms with van der Waals surface area (Å²) in [5, 5.41) is 0. The first-order valence-electron chi connectivity index (χ1n) is 17.0. The van der Waals surface area contributed by atoms with Gasteiger partial charge in [-0.1, -0.05) is 108 Å². The zero-order valence-electron chi connectivity index (χ0n) is 29.7. The third-order valence-corrected chi connectivity index (χ3v) is 9.31. The first kappa shape index (κ1) is 42.1. The summed E-state index contributed by atoms with van der Waals surface area (Å²) >= 11 is 3.66. The monoisotopic (exact) mass is 869 g/mol. The molecule has 5 rings (SSSR count). The largest absolute Gasteiger partial charge is 4.00 e. The molecule has 0 saturated heterocycles. The van der Waals surface area contributed by atoms with Gasteiger partial charge >= 0.3 is 26.0 Å². The molecule has 0 spiro atoms. The van der Waals surface area contributed by atoms with Crippen LogP contribution in [-0.4, -0.2) is 21.9 Å². The maximum Gasteiger partial charge on any atom is 4.00 e. The number of hydrogen-bond donors (Lipinski definition) is 0. The van der Waals surface area contributed by atoms with Crippen molar-refractivity contribution in [2.75, 3.05) is 5.75 Å². The molecule has 8 bridgehead atoms. The van der Waals surface area contributed by atoms with Crippen molar-refractivity contribution in [1.82, 2.24) is 19.9 Å². The summed E-state index contributed by atoms with van der Waals surface area (Å²) in [5.74, 6) is -1.15. The van der Waals surface area contributed by atoms with Crippen LogP contribution < -0.4 is 9.97 Å². The smallest absolute Gasteiger partial charge is 0.784 e. The second-order valence-electron chi connectivity index (χ2n) is 11.5. The fourth-order valence-corrected chi connectivity index (χ4v) is 6.92. The molecule has 6 nitrogen and oxygen atoms in total. The van der Waals surface area contributed by atoms with Gasteiger partial charge in [-0.3, -0.25) is 0 Å². The SMILES string of the molecule is CCC1=C(CC)c2cc3[n-]c(cc4nc(cc5[n-]c(cc1n2)c(CC)c5CC)C(CC)=C4CC)c(CC)c3CC.FC(F)(F)C[S-].[N-]=O.[Os+4]. The van der Waals surface area contributed by atoms with Gasteiger partial charge in [-0.2, -0.15) is 13.2 Å². The van der Waals surface area contributed by atoms with E-state index in [0.29, 0.717) is 0 Å². The van der Waals surface area contributed by atoms with Gasteiger partial charge in [0.2, 0.25) is 0 Å². The number of allylic oxidation sites excluding steroid dienone is 4. The van der Waals surface area contributed by atoms with Gasteiger partial charge in [-0.05, 0) is 73.7 Å². The number of alkyl halides is 3. The fraction of sp³-hybridized carbons (Fsp3) is 0.474. The van der Waals surface area contributed by atoms with E-state index in [4.69, 9.17) is 30.4 Å². The number of aryl methyl sites for hydroxylation is 4. The normalized spacial score (nSPS) is 12.7. The number of rotatable bonds is 8. The third kappa shape index (κ3) is 9.02. The molecule has 264 valence electrons. The molecule has 11 heteroatoms. The number of nitroso groups, excluding NO2 is 1. The maximum atomic E-state index is 10.7. The molecule has 0 aliphatic carbocycles. The molecule has 49 heavy (non-hydrogen) atoms. The van der Waals surface area contributed by atoms with Gasteiger partial charge in [-0.15, -0.1) is 22.1 Å². The van der Waals surface area contributed by atoms with E-state index in [9.17, 15) is 13.2 Å². The molecule has 0 radical (unpaired) electrons. The van der Waals surface area contributed by atoms with Gasteiger partial charge in [0, 0.05) is 0 Å². The molecule has 0 aromatic carbocycles. The van der Waals surface area contributed by atoms with Crippen LogP contribution in [0.3, 0.4) is 0 Å². The van der Waals surface area contributed by atoms with Crippen LogP contribution in [0.25, 0.3) is 50.0 Å². The molecule has 0 amide bonds. The van der Waals surface area contributed by atoms with E-state index >= 15 is 0 Å². The summed E-state index contributed by atoms with van der Waals surface area (Å²) < 4.78 is 32.0. The van der Waals surface area contributed by atoms with E-state index in [1.54, 1.807) is 0 Å². The van der Waals surface area contributed by atoms with E-state index < -0.39 is 11.9 Å². The Hall–Kier alpha value is -3.02. The minimum atomic E-state index is -4.14. The van der Waals surface area contributed by atoms with Crippen LogP contribution in [0.5, 0.6) is 0 Å². The summed E-state index contributed by atoms with van der Waals surface area (Å²) in [6.45, 7) is 17.9. The Morgan fingerprint density at radius 2 is 0.735 bits per heavy atom. The average molecular weight is 868 g/mol. The van der Waals surface area contributed by atoms with Crippen molar-refractivity contribution in [2.45, 2.75) is 113 Å². The molecule has 3 aromatic rings. The third-order valence-electron chi connectivity index (χ3n) is 8.98. The zero-order valence-corrected chi connectivity index (χ0v) is 33.1. The zero-order chi connectivity index (χ0) is 35.8. The Labute approximate surface area is 307 Å². The van der Waals surface area contributed by atoms with Crippen LogP contribution >= 0.6 is 0 Å². The van der Waals surface area contributed by atoms with E-state index in [1.807, 2.05) is 0 Å². The molecule has 0 unspecified atom stereocenters. The molecule has 5 heterocycles. The van der Waals surface area contributed by atoms with Crippen LogP contribution in [-0.2, 0) is 58.1 Å². The number of halogens is 3. The first-order valence-corrected chi connectivity index (χ1v) is 17.6. The summed E-state index contributed by atoms with van der Waals surface area (Å²) in [4.78, 5) is 28.3. The summed E-state index contributed by atoms with van der Waals surface area (Å²) in [6, 6.07) is 8.98. The predicted octanol–water partition coefficient (Wildman–Crippen LogP) is 10.7. The number of aromatic nitrogens is 4. The summed E-state index contributed by atoms with van der Waals surface area (Å²) in [7, 11) is 0. The Morgan fingerprint density at radius 1 is 0.531 bits per heavy atom. The van der Waals surface area contributed by atoms with E-state index in [1.165, 1.54) is 44.5 Å². The summed E-state index contributed by atoms with van der Waals surface area (Å²) in [6.07, 6.45) is 3.46. The van der Waals surface area contributed by atoms with E-state index in [2.05, 4.69) is 92.3 Å². The topological polar surface area (TPSA) is 93.3 Å². The molecule has 2 aliphatic heterocycles. The van der Waals surface area contributed by atoms with Gasteiger partial charge < -0.3 is 33.1 Å². The van der Waals surface area contributed by atoms with Crippen LogP contribution in [0, 0.1) is 4.91 Å². The van der Waals surface area contributed by atoms with Crippen molar-refractivity contribution in [3.8, 4) is 0 Å². The van der Waals surface area contributed by atoms with Gasteiger partial charge in [-0.25, -0.2) is 9.97 Å². The van der Waals surface area contributed by atoms with Crippen LogP contribution in [0.1, 0.15) is 126 Å². The van der Waals surface area contributed by atoms with Crippen molar-refractivity contribution in [1.29, 1.82) is 0 Å². The molecular formula is C38H46F3N5OOsS. The molecule has 2 aliphatic rings. The Morgan fingerprint density at radius 3 is 0.878 bits per heavy atom. The van der Waals surface area contributed by atoms with Gasteiger partial charge in [0.25, 0.3) is 0 Å². The Bertz CT molecular complexity index is 1600. The number of hydrogen-bond acceptors (Lipinski definition) is 4. The van der Waals surface area contributed by atoms with Gasteiger partial charge in [0.05, 0.1) is 22.8 Å². The maximum absolute atomic E-state index is 10.7. The summed E-state index contributed by atoms with van der Waals surface area (Å²) in [5.41, 5.74) is 24.9. The number of nitrogens with zero attached hydrogens (tertiary/aromatic N) is 5. The van der Waals surface area contributed by atoms with Crippen LogP contribution in [0.4, 0.5) is 13.2 Å². The standard InChI is InChI=1S/C36H44N4.C2H3F3S.NO.Os/c1-9-21-22(10-2)30-18-32-25(13-5)26(14-6)34(39-32)20-36-28(16-8)27(15-7)35(40-36)19-33-24(12-4)23(11-3)31(38-33)17-29(21)37-30;3-2(4,5)1-6;1-2;/h17-20H,9-16H2,1-8H3;6H,1H2;;/q-2;;-1;+4/p-1. The Balaban J connectivity index is 0.000000838. The van der Waals surface area contributed by atoms with Gasteiger partial charge in [0.15, 0.2) is 0 Å². The van der Waals surface area contributed by atoms with Crippen molar-refractivity contribution in [3.05, 3.63) is 79.8 Å². The minimum Gasteiger partial charge on any atom is -0.784 e. The van der Waals surface area contributed by atoms with Crippen LogP contribution in [0.15, 0.2) is 24.3 Å². The fourth-order valence-electron chi connectivity index (χ4n) is 6.92. The minimum absolute atomic E-state index is 0.